The Morgan fingerprint density at radius 2 is 2.04 bits per heavy atom. The second kappa shape index (κ2) is 6.86. The Labute approximate surface area is 148 Å². The van der Waals surface area contributed by atoms with Crippen LogP contribution in [0.2, 0.25) is 0 Å². The molecule has 4 rings (SSSR count). The molecule has 1 aliphatic carbocycles. The topological polar surface area (TPSA) is 71.8 Å². The number of nitrogens with one attached hydrogen (secondary N) is 2. The number of amides is 2. The van der Waals surface area contributed by atoms with Crippen molar-refractivity contribution in [3.05, 3.63) is 47.0 Å². The summed E-state index contributed by atoms with van der Waals surface area (Å²) in [6, 6.07) is 8.23. The van der Waals surface area contributed by atoms with E-state index in [2.05, 4.69) is 49.7 Å². The maximum atomic E-state index is 12.2. The van der Waals surface area contributed by atoms with Gasteiger partial charge in [-0.3, -0.25) is 0 Å². The summed E-state index contributed by atoms with van der Waals surface area (Å²) in [5.74, 6) is 2.64. The zero-order valence-corrected chi connectivity index (χ0v) is 14.7. The number of hydrogen-bond acceptors (Lipinski definition) is 3. The van der Waals surface area contributed by atoms with Gasteiger partial charge < -0.3 is 15.2 Å². The lowest BCUT2D eigenvalue weighted by Gasteiger charge is -2.19. The number of rotatable bonds is 5. The van der Waals surface area contributed by atoms with Crippen molar-refractivity contribution in [2.24, 2.45) is 0 Å². The highest BCUT2D eigenvalue weighted by Crippen LogP contribution is 2.39. The van der Waals surface area contributed by atoms with Gasteiger partial charge in [-0.15, -0.1) is 10.2 Å². The highest BCUT2D eigenvalue weighted by molar-refractivity contribution is 5.74. The van der Waals surface area contributed by atoms with Crippen molar-refractivity contribution in [2.45, 2.75) is 64.1 Å². The molecule has 1 saturated carbocycles. The van der Waals surface area contributed by atoms with Gasteiger partial charge in [0.05, 0.1) is 6.04 Å². The summed E-state index contributed by atoms with van der Waals surface area (Å²) in [5, 5.41) is 14.4. The van der Waals surface area contributed by atoms with Crippen molar-refractivity contribution < 1.29 is 4.79 Å². The number of urea groups is 1. The predicted molar refractivity (Wildman–Crippen MR) is 95.2 cm³/mol. The summed E-state index contributed by atoms with van der Waals surface area (Å²) in [6.07, 6.45) is 5.91. The fraction of sp³-hybridized carbons (Fsp3) is 0.526. The van der Waals surface area contributed by atoms with Gasteiger partial charge in [-0.25, -0.2) is 4.79 Å². The van der Waals surface area contributed by atoms with Crippen molar-refractivity contribution in [2.75, 3.05) is 0 Å². The van der Waals surface area contributed by atoms with Crippen molar-refractivity contribution in [1.29, 1.82) is 0 Å². The summed E-state index contributed by atoms with van der Waals surface area (Å²) in [5.41, 5.74) is 2.53. The summed E-state index contributed by atoms with van der Waals surface area (Å²) < 4.78 is 2.14. The van der Waals surface area contributed by atoms with Crippen molar-refractivity contribution in [1.82, 2.24) is 25.4 Å². The second-order valence-corrected chi connectivity index (χ2v) is 7.15. The lowest BCUT2D eigenvalue weighted by atomic mass is 10.1. The number of carbonyl (C=O) groups is 1. The van der Waals surface area contributed by atoms with Crippen LogP contribution in [0.3, 0.4) is 0 Å². The van der Waals surface area contributed by atoms with Gasteiger partial charge >= 0.3 is 6.03 Å². The van der Waals surface area contributed by atoms with E-state index in [-0.39, 0.29) is 12.1 Å². The molecule has 1 unspecified atom stereocenters. The molecule has 1 fully saturated rings. The Bertz CT molecular complexity index is 748. The molecule has 1 aromatic carbocycles. The molecular weight excluding hydrogens is 314 g/mol. The molecule has 2 amide bonds. The van der Waals surface area contributed by atoms with E-state index in [0.29, 0.717) is 6.54 Å². The Balaban J connectivity index is 1.30. The molecule has 25 heavy (non-hydrogen) atoms. The fourth-order valence-electron chi connectivity index (χ4n) is 3.47. The van der Waals surface area contributed by atoms with Crippen LogP contribution < -0.4 is 10.6 Å². The molecule has 0 bridgehead atoms. The third-order valence-corrected chi connectivity index (χ3v) is 5.10. The highest BCUT2D eigenvalue weighted by Gasteiger charge is 2.23. The molecule has 1 atom stereocenters. The van der Waals surface area contributed by atoms with Crippen LogP contribution in [0.15, 0.2) is 24.3 Å². The molecule has 6 nitrogen and oxygen atoms in total. The first-order valence-electron chi connectivity index (χ1n) is 9.26. The van der Waals surface area contributed by atoms with Gasteiger partial charge in [-0.05, 0) is 49.7 Å². The van der Waals surface area contributed by atoms with Crippen molar-refractivity contribution in [3.8, 4) is 0 Å². The minimum absolute atomic E-state index is 0.156. The molecule has 1 aromatic heterocycles. The summed E-state index contributed by atoms with van der Waals surface area (Å²) in [4.78, 5) is 12.2. The molecule has 0 radical (unpaired) electrons. The quantitative estimate of drug-likeness (QED) is 0.879. The van der Waals surface area contributed by atoms with E-state index in [1.54, 1.807) is 0 Å². The van der Waals surface area contributed by atoms with E-state index in [1.807, 2.05) is 6.92 Å². The van der Waals surface area contributed by atoms with Crippen LogP contribution in [0, 0.1) is 0 Å². The van der Waals surface area contributed by atoms with Gasteiger partial charge in [0.2, 0.25) is 0 Å². The van der Waals surface area contributed by atoms with Gasteiger partial charge in [0, 0.05) is 19.5 Å². The number of aromatic nitrogens is 3. The molecular formula is C19H25N5O. The average molecular weight is 339 g/mol. The lowest BCUT2D eigenvalue weighted by Crippen LogP contribution is -2.37. The molecule has 0 saturated heterocycles. The molecule has 2 heterocycles. The number of benzene rings is 1. The van der Waals surface area contributed by atoms with Gasteiger partial charge in [-0.1, -0.05) is 24.3 Å². The fourth-order valence-corrected chi connectivity index (χ4v) is 3.47. The van der Waals surface area contributed by atoms with Gasteiger partial charge in [0.25, 0.3) is 0 Å². The van der Waals surface area contributed by atoms with Gasteiger partial charge in [0.1, 0.15) is 5.82 Å². The Morgan fingerprint density at radius 3 is 2.80 bits per heavy atom. The van der Waals surface area contributed by atoms with E-state index >= 15 is 0 Å². The first-order chi connectivity index (χ1) is 12.2. The molecule has 132 valence electrons. The molecule has 1 aliphatic heterocycles. The number of nitrogens with zero attached hydrogens (tertiary/aromatic N) is 3. The van der Waals surface area contributed by atoms with Crippen LogP contribution in [-0.2, 0) is 19.5 Å². The van der Waals surface area contributed by atoms with Gasteiger partial charge in [0.15, 0.2) is 5.82 Å². The summed E-state index contributed by atoms with van der Waals surface area (Å²) >= 11 is 0. The van der Waals surface area contributed by atoms with E-state index < -0.39 is 0 Å². The first-order valence-corrected chi connectivity index (χ1v) is 9.26. The maximum Gasteiger partial charge on any atom is 0.315 e. The molecule has 0 spiro atoms. The normalized spacial score (nSPS) is 17.6. The van der Waals surface area contributed by atoms with Crippen LogP contribution in [0.4, 0.5) is 4.79 Å². The number of aryl methyl sites for hydroxylation is 1. The van der Waals surface area contributed by atoms with Crippen LogP contribution in [0.1, 0.15) is 67.3 Å². The van der Waals surface area contributed by atoms with Crippen LogP contribution >= 0.6 is 0 Å². The SMILES string of the molecule is CC(NC(=O)NCc1ccc(C2CC2)cc1)c1nnc2n1CCCC2. The first kappa shape index (κ1) is 16.1. The van der Waals surface area contributed by atoms with E-state index in [0.717, 1.165) is 42.5 Å². The molecule has 6 heteroatoms. The lowest BCUT2D eigenvalue weighted by molar-refractivity contribution is 0.236. The monoisotopic (exact) mass is 339 g/mol. The third kappa shape index (κ3) is 3.67. The van der Waals surface area contributed by atoms with Crippen LogP contribution in [0.25, 0.3) is 0 Å². The van der Waals surface area contributed by atoms with Crippen LogP contribution in [0.5, 0.6) is 0 Å². The summed E-state index contributed by atoms with van der Waals surface area (Å²) in [6.45, 7) is 3.43. The third-order valence-electron chi connectivity index (χ3n) is 5.10. The number of carbonyl (C=O) groups excluding carboxylic acids is 1. The molecule has 2 N–H and O–H groups in total. The maximum absolute atomic E-state index is 12.2. The van der Waals surface area contributed by atoms with E-state index in [4.69, 9.17) is 0 Å². The Kier molecular flexibility index (Phi) is 4.42. The van der Waals surface area contributed by atoms with Crippen LogP contribution in [-0.4, -0.2) is 20.8 Å². The Morgan fingerprint density at radius 1 is 1.24 bits per heavy atom. The zero-order valence-electron chi connectivity index (χ0n) is 14.7. The average Bonchev–Trinajstić information content (AvgIpc) is 3.39. The number of fused-ring (bicyclic) bond motifs is 1. The summed E-state index contributed by atoms with van der Waals surface area (Å²) in [7, 11) is 0. The van der Waals surface area contributed by atoms with Crippen molar-refractivity contribution in [3.63, 3.8) is 0 Å². The molecule has 2 aliphatic rings. The van der Waals surface area contributed by atoms with E-state index in [1.165, 1.54) is 24.8 Å². The molecule has 2 aromatic rings. The second-order valence-electron chi connectivity index (χ2n) is 7.15. The largest absolute Gasteiger partial charge is 0.334 e. The standard InChI is InChI=1S/C19H25N5O/c1-13(18-23-22-17-4-2-3-11-24(17)18)21-19(25)20-12-14-5-7-15(8-6-14)16-9-10-16/h5-8,13,16H,2-4,9-12H2,1H3,(H2,20,21,25). The minimum atomic E-state index is -0.174. The smallest absolute Gasteiger partial charge is 0.315 e. The van der Waals surface area contributed by atoms with Crippen molar-refractivity contribution >= 4 is 6.03 Å². The van der Waals surface area contributed by atoms with E-state index in [9.17, 15) is 4.79 Å². The minimum Gasteiger partial charge on any atom is -0.334 e. The Hall–Kier alpha value is -2.37. The van der Waals surface area contributed by atoms with Gasteiger partial charge in [-0.2, -0.15) is 0 Å². The number of hydrogen-bond donors (Lipinski definition) is 2. The predicted octanol–water partition coefficient (Wildman–Crippen LogP) is 3.05. The zero-order chi connectivity index (χ0) is 17.2. The highest BCUT2D eigenvalue weighted by atomic mass is 16.2.